The first-order valence-corrected chi connectivity index (χ1v) is 7.56. The average molecular weight is 250 g/mol. The van der Waals surface area contributed by atoms with E-state index in [1.165, 1.54) is 6.26 Å². The van der Waals surface area contributed by atoms with Crippen LogP contribution >= 0.6 is 0 Å². The van der Waals surface area contributed by atoms with Gasteiger partial charge in [-0.25, -0.2) is 8.42 Å². The van der Waals surface area contributed by atoms with E-state index in [2.05, 4.69) is 13.8 Å². The zero-order chi connectivity index (χ0) is 13.2. The summed E-state index contributed by atoms with van der Waals surface area (Å²) < 4.78 is 22.1. The minimum absolute atomic E-state index is 0.0563. The minimum atomic E-state index is -2.88. The Balaban J connectivity index is 4.31. The Hall–Kier alpha value is -0.130. The van der Waals surface area contributed by atoms with Gasteiger partial charge >= 0.3 is 0 Å². The van der Waals surface area contributed by atoms with Gasteiger partial charge in [0.05, 0.1) is 5.75 Å². The van der Waals surface area contributed by atoms with Crippen molar-refractivity contribution in [2.45, 2.75) is 33.2 Å². The molecule has 0 spiro atoms. The van der Waals surface area contributed by atoms with Gasteiger partial charge in [0.25, 0.3) is 0 Å². The van der Waals surface area contributed by atoms with E-state index in [4.69, 9.17) is 5.73 Å². The Bertz CT molecular complexity index is 315. The van der Waals surface area contributed by atoms with Crippen molar-refractivity contribution < 1.29 is 8.42 Å². The molecule has 0 aromatic carbocycles. The van der Waals surface area contributed by atoms with Crippen LogP contribution in [0.4, 0.5) is 0 Å². The van der Waals surface area contributed by atoms with Gasteiger partial charge in [-0.05, 0) is 26.3 Å². The number of rotatable bonds is 6. The Morgan fingerprint density at radius 1 is 1.19 bits per heavy atom. The zero-order valence-corrected chi connectivity index (χ0v) is 12.2. The topological polar surface area (TPSA) is 63.4 Å². The molecule has 0 rings (SSSR count). The fourth-order valence-corrected chi connectivity index (χ4v) is 1.92. The molecule has 0 unspecified atom stereocenters. The third-order valence-corrected chi connectivity index (χ3v) is 4.18. The second kappa shape index (κ2) is 5.02. The Kier molecular flexibility index (Phi) is 4.98. The number of nitrogens with two attached hydrogens (primary N) is 1. The molecular formula is C11H26N2O2S. The third kappa shape index (κ3) is 5.82. The smallest absolute Gasteiger partial charge is 0.148 e. The average Bonchev–Trinajstić information content (AvgIpc) is 1.96. The summed E-state index contributed by atoms with van der Waals surface area (Å²) in [4.78, 5) is 2.02. The molecule has 5 heteroatoms. The van der Waals surface area contributed by atoms with Crippen molar-refractivity contribution in [1.82, 2.24) is 4.90 Å². The van der Waals surface area contributed by atoms with Gasteiger partial charge in [0.1, 0.15) is 9.84 Å². The molecule has 0 saturated heterocycles. The maximum atomic E-state index is 11.0. The lowest BCUT2D eigenvalue weighted by Crippen LogP contribution is -2.52. The van der Waals surface area contributed by atoms with E-state index in [0.29, 0.717) is 6.54 Å². The number of nitrogens with zero attached hydrogens (tertiary/aromatic N) is 1. The number of hydrogen-bond acceptors (Lipinski definition) is 4. The summed E-state index contributed by atoms with van der Waals surface area (Å²) in [7, 11) is -0.954. The molecule has 16 heavy (non-hydrogen) atoms. The molecule has 0 heterocycles. The lowest BCUT2D eigenvalue weighted by Gasteiger charge is -2.41. The third-order valence-electron chi connectivity index (χ3n) is 3.25. The van der Waals surface area contributed by atoms with E-state index in [0.717, 1.165) is 6.54 Å². The first-order valence-electron chi connectivity index (χ1n) is 5.50. The first kappa shape index (κ1) is 15.9. The number of hydrogen-bond donors (Lipinski definition) is 1. The van der Waals surface area contributed by atoms with Crippen LogP contribution in [0, 0.1) is 5.41 Å². The maximum absolute atomic E-state index is 11.0. The van der Waals surface area contributed by atoms with Crippen LogP contribution in [-0.4, -0.2) is 51.0 Å². The van der Waals surface area contributed by atoms with E-state index < -0.39 is 9.84 Å². The summed E-state index contributed by atoms with van der Waals surface area (Å²) >= 11 is 0. The van der Waals surface area contributed by atoms with Crippen molar-refractivity contribution in [2.24, 2.45) is 11.1 Å². The van der Waals surface area contributed by atoms with Crippen LogP contribution in [0.15, 0.2) is 0 Å². The molecule has 98 valence electrons. The minimum Gasteiger partial charge on any atom is -0.325 e. The van der Waals surface area contributed by atoms with Crippen molar-refractivity contribution in [3.8, 4) is 0 Å². The standard InChI is InChI=1S/C11H26N2O2S/c1-10(2,11(3,4)12)9-13(5)7-8-16(6,14)15/h7-9,12H2,1-6H3. The van der Waals surface area contributed by atoms with Gasteiger partial charge < -0.3 is 10.6 Å². The van der Waals surface area contributed by atoms with Crippen molar-refractivity contribution in [3.63, 3.8) is 0 Å². The Labute approximate surface area is 100 Å². The second-order valence-electron chi connectivity index (χ2n) is 5.97. The monoisotopic (exact) mass is 250 g/mol. The summed E-state index contributed by atoms with van der Waals surface area (Å²) in [5, 5.41) is 0. The second-order valence-corrected chi connectivity index (χ2v) is 8.23. The predicted octanol–water partition coefficient (Wildman–Crippen LogP) is 0.726. The van der Waals surface area contributed by atoms with Gasteiger partial charge in [0.2, 0.25) is 0 Å². The molecule has 0 aliphatic heterocycles. The van der Waals surface area contributed by atoms with E-state index in [1.54, 1.807) is 0 Å². The molecule has 0 radical (unpaired) electrons. The van der Waals surface area contributed by atoms with Crippen LogP contribution < -0.4 is 5.73 Å². The summed E-state index contributed by atoms with van der Waals surface area (Å²) in [5.41, 5.74) is 5.76. The van der Waals surface area contributed by atoms with Crippen LogP contribution in [-0.2, 0) is 9.84 Å². The van der Waals surface area contributed by atoms with Gasteiger partial charge in [-0.1, -0.05) is 13.8 Å². The molecule has 0 atom stereocenters. The lowest BCUT2D eigenvalue weighted by molar-refractivity contribution is 0.134. The summed E-state index contributed by atoms with van der Waals surface area (Å²) in [6, 6.07) is 0. The molecule has 0 fully saturated rings. The van der Waals surface area contributed by atoms with Gasteiger partial charge in [0, 0.05) is 24.9 Å². The van der Waals surface area contributed by atoms with Crippen LogP contribution in [0.2, 0.25) is 0 Å². The van der Waals surface area contributed by atoms with Crippen LogP contribution in [0.5, 0.6) is 0 Å². The largest absolute Gasteiger partial charge is 0.325 e. The lowest BCUT2D eigenvalue weighted by atomic mass is 9.75. The van der Waals surface area contributed by atoms with Crippen LogP contribution in [0.1, 0.15) is 27.7 Å². The summed E-state index contributed by atoms with van der Waals surface area (Å²) in [5.74, 6) is 0.199. The van der Waals surface area contributed by atoms with E-state index in [1.807, 2.05) is 25.8 Å². The summed E-state index contributed by atoms with van der Waals surface area (Å²) in [6.45, 7) is 9.53. The fourth-order valence-electron chi connectivity index (χ4n) is 1.28. The van der Waals surface area contributed by atoms with E-state index in [9.17, 15) is 8.42 Å². The summed E-state index contributed by atoms with van der Waals surface area (Å²) in [6.07, 6.45) is 1.26. The SMILES string of the molecule is CN(CCS(C)(=O)=O)CC(C)(C)C(C)(C)N. The molecule has 4 nitrogen and oxygen atoms in total. The maximum Gasteiger partial charge on any atom is 0.148 e. The predicted molar refractivity (Wildman–Crippen MR) is 69.3 cm³/mol. The highest BCUT2D eigenvalue weighted by Gasteiger charge is 2.34. The molecule has 0 bridgehead atoms. The van der Waals surface area contributed by atoms with Crippen LogP contribution in [0.25, 0.3) is 0 Å². The molecule has 0 saturated carbocycles. The normalized spacial score (nSPS) is 14.5. The quantitative estimate of drug-likeness (QED) is 0.755. The van der Waals surface area contributed by atoms with Gasteiger partial charge in [0.15, 0.2) is 0 Å². The van der Waals surface area contributed by atoms with Gasteiger partial charge in [-0.2, -0.15) is 0 Å². The van der Waals surface area contributed by atoms with Gasteiger partial charge in [-0.3, -0.25) is 0 Å². The highest BCUT2D eigenvalue weighted by molar-refractivity contribution is 7.90. The van der Waals surface area contributed by atoms with E-state index >= 15 is 0 Å². The molecule has 0 aliphatic rings. The molecule has 0 aromatic heterocycles. The van der Waals surface area contributed by atoms with E-state index in [-0.39, 0.29) is 16.7 Å². The molecule has 2 N–H and O–H groups in total. The molecular weight excluding hydrogens is 224 g/mol. The molecule has 0 aliphatic carbocycles. The van der Waals surface area contributed by atoms with Crippen molar-refractivity contribution >= 4 is 9.84 Å². The van der Waals surface area contributed by atoms with Crippen molar-refractivity contribution in [3.05, 3.63) is 0 Å². The Morgan fingerprint density at radius 2 is 1.62 bits per heavy atom. The molecule has 0 aromatic rings. The zero-order valence-electron chi connectivity index (χ0n) is 11.4. The van der Waals surface area contributed by atoms with Crippen molar-refractivity contribution in [1.29, 1.82) is 0 Å². The fraction of sp³-hybridized carbons (Fsp3) is 1.00. The van der Waals surface area contributed by atoms with Crippen molar-refractivity contribution in [2.75, 3.05) is 32.1 Å². The Morgan fingerprint density at radius 3 is 1.94 bits per heavy atom. The highest BCUT2D eigenvalue weighted by atomic mass is 32.2. The number of sulfone groups is 1. The van der Waals surface area contributed by atoms with Gasteiger partial charge in [-0.15, -0.1) is 0 Å². The highest BCUT2D eigenvalue weighted by Crippen LogP contribution is 2.28. The molecule has 0 amide bonds. The van der Waals surface area contributed by atoms with Crippen LogP contribution in [0.3, 0.4) is 0 Å². The first-order chi connectivity index (χ1) is 6.85.